The van der Waals surface area contributed by atoms with Gasteiger partial charge in [-0.05, 0) is 86.1 Å². The van der Waals surface area contributed by atoms with Crippen LogP contribution in [0.2, 0.25) is 5.02 Å². The van der Waals surface area contributed by atoms with Gasteiger partial charge >= 0.3 is 0 Å². The van der Waals surface area contributed by atoms with Gasteiger partial charge in [0.1, 0.15) is 10.8 Å². The number of anilines is 1. The molecule has 1 fully saturated rings. The maximum Gasteiger partial charge on any atom is 0.274 e. The minimum absolute atomic E-state index is 0.0895. The number of hydrogen-bond acceptors (Lipinski definition) is 4. The largest absolute Gasteiger partial charge is 0.308 e. The van der Waals surface area contributed by atoms with Crippen LogP contribution in [0.5, 0.6) is 0 Å². The quantitative estimate of drug-likeness (QED) is 0.265. The molecule has 9 heteroatoms. The zero-order valence-corrected chi connectivity index (χ0v) is 23.4. The molecule has 0 aliphatic heterocycles. The van der Waals surface area contributed by atoms with Crippen LogP contribution in [-0.2, 0) is 11.2 Å². The molecule has 1 aliphatic carbocycles. The Morgan fingerprint density at radius 3 is 2.50 bits per heavy atom. The Bertz CT molecular complexity index is 1680. The highest BCUT2D eigenvalue weighted by Crippen LogP contribution is 2.46. The summed E-state index contributed by atoms with van der Waals surface area (Å²) in [5.74, 6) is -1.52. The molecule has 0 unspecified atom stereocenters. The van der Waals surface area contributed by atoms with Crippen LogP contribution in [0.4, 0.5) is 14.6 Å². The number of carbonyl (C=O) groups is 1. The topological polar surface area (TPSA) is 76.9 Å². The van der Waals surface area contributed by atoms with Crippen molar-refractivity contribution in [3.63, 3.8) is 0 Å². The zero-order valence-electron chi connectivity index (χ0n) is 22.7. The normalized spacial score (nSPS) is 14.6. The average Bonchev–Trinajstić information content (AvgIpc) is 3.68. The summed E-state index contributed by atoms with van der Waals surface area (Å²) in [5.41, 5.74) is 3.03. The number of halogens is 3. The molecule has 1 aliphatic rings. The summed E-state index contributed by atoms with van der Waals surface area (Å²) in [7, 11) is 0. The summed E-state index contributed by atoms with van der Waals surface area (Å²) in [5, 5.41) is 2.69. The van der Waals surface area contributed by atoms with E-state index in [1.165, 1.54) is 29.0 Å². The Morgan fingerprint density at radius 2 is 1.82 bits per heavy atom. The van der Waals surface area contributed by atoms with Gasteiger partial charge in [-0.15, -0.1) is 0 Å². The van der Waals surface area contributed by atoms with E-state index in [0.717, 1.165) is 18.4 Å². The molecule has 0 radical (unpaired) electrons. The Hall–Kier alpha value is -3.91. The molecule has 0 bridgehead atoms. The third-order valence-corrected chi connectivity index (χ3v) is 7.99. The number of rotatable bonds is 7. The van der Waals surface area contributed by atoms with Crippen LogP contribution in [0, 0.1) is 30.9 Å². The van der Waals surface area contributed by atoms with Crippen molar-refractivity contribution in [1.82, 2.24) is 14.5 Å². The first-order valence-electron chi connectivity index (χ1n) is 13.1. The number of benzene rings is 1. The lowest BCUT2D eigenvalue weighted by Crippen LogP contribution is -2.24. The van der Waals surface area contributed by atoms with E-state index in [1.807, 2.05) is 33.8 Å². The van der Waals surface area contributed by atoms with E-state index in [1.54, 1.807) is 24.4 Å². The third kappa shape index (κ3) is 5.28. The van der Waals surface area contributed by atoms with Gasteiger partial charge in [0, 0.05) is 29.1 Å². The Balaban J connectivity index is 1.50. The lowest BCUT2D eigenvalue weighted by molar-refractivity contribution is -0.120. The molecular weight excluding hydrogens is 534 g/mol. The summed E-state index contributed by atoms with van der Waals surface area (Å²) < 4.78 is 30.3. The van der Waals surface area contributed by atoms with Crippen molar-refractivity contribution < 1.29 is 13.6 Å². The second-order valence-corrected chi connectivity index (χ2v) is 11.2. The Labute approximate surface area is 236 Å². The van der Waals surface area contributed by atoms with Gasteiger partial charge in [0.25, 0.3) is 5.56 Å². The number of aryl methyl sites for hydroxylation is 2. The standard InChI is InChI=1S/C31H29ClF2N4O2/c1-17(13-20-5-7-21(33)8-6-20)23-14-19(3)38(29(39)26(23)32)25-15-24(36-16-18(25)2)22-9-12-35-28(27(22)34)37-30(40)31(4)10-11-31/h5-9,12,14-17H,10-11,13H2,1-4H3,(H,35,37,40)/t17-/m1/s1. The van der Waals surface area contributed by atoms with Gasteiger partial charge in [-0.3, -0.25) is 19.1 Å². The Morgan fingerprint density at radius 1 is 1.12 bits per heavy atom. The first-order valence-corrected chi connectivity index (χ1v) is 13.5. The van der Waals surface area contributed by atoms with Crippen LogP contribution in [0.25, 0.3) is 16.9 Å². The smallest absolute Gasteiger partial charge is 0.274 e. The molecule has 3 aromatic heterocycles. The van der Waals surface area contributed by atoms with E-state index in [-0.39, 0.29) is 39.7 Å². The number of nitrogens with zero attached hydrogens (tertiary/aromatic N) is 3. The van der Waals surface area contributed by atoms with E-state index in [9.17, 15) is 14.0 Å². The van der Waals surface area contributed by atoms with Crippen molar-refractivity contribution in [2.75, 3.05) is 5.32 Å². The number of carbonyl (C=O) groups excluding carboxylic acids is 1. The fourth-order valence-electron chi connectivity index (χ4n) is 4.78. The van der Waals surface area contributed by atoms with Gasteiger partial charge in [-0.25, -0.2) is 13.8 Å². The van der Waals surface area contributed by atoms with Crippen LogP contribution < -0.4 is 10.9 Å². The van der Waals surface area contributed by atoms with Crippen molar-refractivity contribution >= 4 is 23.3 Å². The van der Waals surface area contributed by atoms with Crippen LogP contribution in [-0.4, -0.2) is 20.4 Å². The third-order valence-electron chi connectivity index (χ3n) is 7.61. The highest BCUT2D eigenvalue weighted by Gasteiger charge is 2.45. The summed E-state index contributed by atoms with van der Waals surface area (Å²) in [6.45, 7) is 7.42. The molecule has 0 saturated heterocycles. The molecule has 1 amide bonds. The first-order chi connectivity index (χ1) is 19.0. The number of nitrogens with one attached hydrogen (secondary N) is 1. The molecule has 5 rings (SSSR count). The zero-order chi connectivity index (χ0) is 28.8. The molecule has 1 atom stereocenters. The predicted molar refractivity (Wildman–Crippen MR) is 152 cm³/mol. The summed E-state index contributed by atoms with van der Waals surface area (Å²) in [6.07, 6.45) is 5.07. The molecule has 4 aromatic rings. The van der Waals surface area contributed by atoms with Crippen molar-refractivity contribution in [3.8, 4) is 16.9 Å². The molecule has 40 heavy (non-hydrogen) atoms. The summed E-state index contributed by atoms with van der Waals surface area (Å²) in [6, 6.07) is 11.2. The molecule has 6 nitrogen and oxygen atoms in total. The van der Waals surface area contributed by atoms with Gasteiger partial charge in [0.15, 0.2) is 11.6 Å². The molecule has 206 valence electrons. The maximum atomic E-state index is 15.5. The maximum absolute atomic E-state index is 15.5. The van der Waals surface area contributed by atoms with E-state index in [4.69, 9.17) is 11.6 Å². The van der Waals surface area contributed by atoms with Gasteiger partial charge < -0.3 is 5.32 Å². The van der Waals surface area contributed by atoms with Crippen molar-refractivity contribution in [1.29, 1.82) is 0 Å². The average molecular weight is 563 g/mol. The molecule has 0 spiro atoms. The Kier molecular flexibility index (Phi) is 7.31. The van der Waals surface area contributed by atoms with E-state index in [0.29, 0.717) is 28.9 Å². The van der Waals surface area contributed by atoms with Crippen molar-refractivity contribution in [3.05, 3.63) is 104 Å². The summed E-state index contributed by atoms with van der Waals surface area (Å²) >= 11 is 6.63. The minimum atomic E-state index is -0.700. The molecule has 1 saturated carbocycles. The predicted octanol–water partition coefficient (Wildman–Crippen LogP) is 6.93. The van der Waals surface area contributed by atoms with Gasteiger partial charge in [0.2, 0.25) is 5.91 Å². The fourth-order valence-corrected chi connectivity index (χ4v) is 5.11. The lowest BCUT2D eigenvalue weighted by Gasteiger charge is -2.19. The van der Waals surface area contributed by atoms with Crippen LogP contribution >= 0.6 is 11.6 Å². The monoisotopic (exact) mass is 562 g/mol. The number of amides is 1. The van der Waals surface area contributed by atoms with E-state index < -0.39 is 16.8 Å². The lowest BCUT2D eigenvalue weighted by atomic mass is 9.93. The molecule has 3 heterocycles. The van der Waals surface area contributed by atoms with E-state index >= 15 is 4.39 Å². The van der Waals surface area contributed by atoms with Crippen LogP contribution in [0.15, 0.2) is 59.7 Å². The van der Waals surface area contributed by atoms with Crippen LogP contribution in [0.3, 0.4) is 0 Å². The SMILES string of the molecule is Cc1cnc(-c2ccnc(NC(=O)C3(C)CC3)c2F)cc1-n1c(C)cc([C@H](C)Cc2ccc(F)cc2)c(Cl)c1=O. The molecule has 1 aromatic carbocycles. The van der Waals surface area contributed by atoms with E-state index in [2.05, 4.69) is 15.3 Å². The second kappa shape index (κ2) is 10.6. The number of aromatic nitrogens is 3. The van der Waals surface area contributed by atoms with Crippen molar-refractivity contribution in [2.45, 2.75) is 52.9 Å². The summed E-state index contributed by atoms with van der Waals surface area (Å²) in [4.78, 5) is 34.5. The number of pyridine rings is 3. The second-order valence-electron chi connectivity index (χ2n) is 10.8. The number of hydrogen-bond donors (Lipinski definition) is 1. The molecular formula is C31H29ClF2N4O2. The van der Waals surface area contributed by atoms with Gasteiger partial charge in [-0.2, -0.15) is 0 Å². The molecule has 1 N–H and O–H groups in total. The van der Waals surface area contributed by atoms with Gasteiger partial charge in [0.05, 0.1) is 11.4 Å². The fraction of sp³-hybridized carbons (Fsp3) is 0.290. The minimum Gasteiger partial charge on any atom is -0.308 e. The highest BCUT2D eigenvalue weighted by atomic mass is 35.5. The van der Waals surface area contributed by atoms with Gasteiger partial charge in [-0.1, -0.05) is 37.6 Å². The van der Waals surface area contributed by atoms with Crippen LogP contribution in [0.1, 0.15) is 55.0 Å². The van der Waals surface area contributed by atoms with Crippen molar-refractivity contribution in [2.24, 2.45) is 5.41 Å². The highest BCUT2D eigenvalue weighted by molar-refractivity contribution is 6.31. The first kappa shape index (κ1) is 27.6.